The van der Waals surface area contributed by atoms with Crippen LogP contribution in [0.15, 0.2) is 28.8 Å². The molecule has 0 fully saturated rings. The smallest absolute Gasteiger partial charge is 0.395 e. The number of amides is 1. The number of carbonyl (C=O) groups is 1. The number of hydrogen-bond donors (Lipinski definition) is 1. The Kier molecular flexibility index (Phi) is 4.45. The first-order valence-corrected chi connectivity index (χ1v) is 6.20. The highest BCUT2D eigenvalue weighted by Crippen LogP contribution is 2.29. The highest BCUT2D eigenvalue weighted by atomic mass is 19.4. The van der Waals surface area contributed by atoms with Crippen molar-refractivity contribution in [3.63, 3.8) is 0 Å². The number of aliphatic hydroxyl groups excluding tert-OH is 1. The lowest BCUT2D eigenvalue weighted by atomic mass is 10.1. The van der Waals surface area contributed by atoms with Crippen molar-refractivity contribution in [2.45, 2.75) is 6.18 Å². The molecule has 0 aliphatic heterocycles. The molecule has 6 nitrogen and oxygen atoms in total. The van der Waals surface area contributed by atoms with Crippen molar-refractivity contribution < 1.29 is 27.6 Å². The zero-order chi connectivity index (χ0) is 16.3. The fourth-order valence-electron chi connectivity index (χ4n) is 1.69. The van der Waals surface area contributed by atoms with Crippen LogP contribution < -0.4 is 0 Å². The van der Waals surface area contributed by atoms with E-state index in [0.717, 1.165) is 0 Å². The summed E-state index contributed by atoms with van der Waals surface area (Å²) < 4.78 is 41.3. The number of aliphatic hydroxyl groups is 1. The molecule has 22 heavy (non-hydrogen) atoms. The van der Waals surface area contributed by atoms with E-state index < -0.39 is 12.1 Å². The number of nitrogens with zero attached hydrogens (tertiary/aromatic N) is 3. The number of likely N-dealkylation sites (N-methyl/N-ethyl adjacent to an activating group) is 1. The monoisotopic (exact) mass is 315 g/mol. The van der Waals surface area contributed by atoms with Gasteiger partial charge in [0.2, 0.25) is 5.82 Å². The summed E-state index contributed by atoms with van der Waals surface area (Å²) in [6.45, 7) is 0.0176. The lowest BCUT2D eigenvalue weighted by molar-refractivity contribution is -0.159. The van der Waals surface area contributed by atoms with E-state index in [2.05, 4.69) is 14.7 Å². The largest absolute Gasteiger partial charge is 0.471 e. The van der Waals surface area contributed by atoms with Crippen molar-refractivity contribution in [3.8, 4) is 11.4 Å². The third-order valence-corrected chi connectivity index (χ3v) is 2.84. The molecule has 0 aliphatic carbocycles. The van der Waals surface area contributed by atoms with Crippen molar-refractivity contribution in [2.75, 3.05) is 20.2 Å². The van der Waals surface area contributed by atoms with Gasteiger partial charge in [-0.25, -0.2) is 0 Å². The van der Waals surface area contributed by atoms with Gasteiger partial charge < -0.3 is 14.5 Å². The first kappa shape index (κ1) is 16.0. The molecule has 118 valence electrons. The van der Waals surface area contributed by atoms with Gasteiger partial charge in [0.1, 0.15) is 0 Å². The van der Waals surface area contributed by atoms with E-state index in [1.54, 1.807) is 0 Å². The number of aromatic nitrogens is 2. The molecule has 1 heterocycles. The number of alkyl halides is 3. The first-order chi connectivity index (χ1) is 10.3. The Morgan fingerprint density at radius 2 is 1.95 bits per heavy atom. The second kappa shape index (κ2) is 6.14. The van der Waals surface area contributed by atoms with Gasteiger partial charge in [-0.3, -0.25) is 4.79 Å². The molecule has 0 radical (unpaired) electrons. The average Bonchev–Trinajstić information content (AvgIpc) is 2.97. The lowest BCUT2D eigenvalue weighted by Crippen LogP contribution is -2.29. The molecule has 1 amide bonds. The van der Waals surface area contributed by atoms with E-state index >= 15 is 0 Å². The number of halogens is 3. The number of benzene rings is 1. The van der Waals surface area contributed by atoms with Crippen molar-refractivity contribution in [1.29, 1.82) is 0 Å². The maximum absolute atomic E-state index is 12.4. The maximum Gasteiger partial charge on any atom is 0.471 e. The van der Waals surface area contributed by atoms with E-state index in [1.165, 1.54) is 36.2 Å². The van der Waals surface area contributed by atoms with Gasteiger partial charge in [-0.15, -0.1) is 0 Å². The van der Waals surface area contributed by atoms with Crippen molar-refractivity contribution in [3.05, 3.63) is 35.7 Å². The Hall–Kier alpha value is -2.42. The van der Waals surface area contributed by atoms with E-state index in [0.29, 0.717) is 11.1 Å². The normalized spacial score (nSPS) is 11.5. The standard InChI is InChI=1S/C13H12F3N3O3/c1-19(6-7-20)11(21)9-4-2-8(3-5-9)10-17-12(22-18-10)13(14,15)16/h2-5,20H,6-7H2,1H3. The van der Waals surface area contributed by atoms with Crippen LogP contribution >= 0.6 is 0 Å². The van der Waals surface area contributed by atoms with Gasteiger partial charge in [0, 0.05) is 24.7 Å². The van der Waals surface area contributed by atoms with Gasteiger partial charge in [-0.2, -0.15) is 18.2 Å². The predicted octanol–water partition coefficient (Wildman–Crippen LogP) is 1.82. The first-order valence-electron chi connectivity index (χ1n) is 6.20. The minimum absolute atomic E-state index is 0.163. The molecule has 1 aromatic heterocycles. The minimum Gasteiger partial charge on any atom is -0.395 e. The molecule has 0 aliphatic rings. The summed E-state index contributed by atoms with van der Waals surface area (Å²) in [5, 5.41) is 12.0. The molecule has 0 bridgehead atoms. The highest BCUT2D eigenvalue weighted by Gasteiger charge is 2.38. The van der Waals surface area contributed by atoms with Crippen LogP contribution in [0.5, 0.6) is 0 Å². The van der Waals surface area contributed by atoms with Gasteiger partial charge in [-0.1, -0.05) is 17.3 Å². The Morgan fingerprint density at radius 1 is 1.32 bits per heavy atom. The number of hydrogen-bond acceptors (Lipinski definition) is 5. The van der Waals surface area contributed by atoms with Crippen LogP contribution in [-0.4, -0.2) is 46.3 Å². The number of carbonyl (C=O) groups excluding carboxylic acids is 1. The summed E-state index contributed by atoms with van der Waals surface area (Å²) in [6.07, 6.45) is -4.70. The molecule has 0 spiro atoms. The summed E-state index contributed by atoms with van der Waals surface area (Å²) in [6, 6.07) is 5.72. The molecule has 1 aromatic carbocycles. The Balaban J connectivity index is 2.19. The Bertz CT molecular complexity index is 653. The summed E-state index contributed by atoms with van der Waals surface area (Å²) in [7, 11) is 1.53. The molecule has 2 aromatic rings. The van der Waals surface area contributed by atoms with Crippen LogP contribution in [0.2, 0.25) is 0 Å². The van der Waals surface area contributed by atoms with Gasteiger partial charge in [0.15, 0.2) is 0 Å². The van der Waals surface area contributed by atoms with Gasteiger partial charge >= 0.3 is 12.1 Å². The van der Waals surface area contributed by atoms with Crippen molar-refractivity contribution >= 4 is 5.91 Å². The maximum atomic E-state index is 12.4. The van der Waals surface area contributed by atoms with Crippen LogP contribution in [-0.2, 0) is 6.18 Å². The van der Waals surface area contributed by atoms with Crippen molar-refractivity contribution in [2.24, 2.45) is 0 Å². The zero-order valence-electron chi connectivity index (χ0n) is 11.5. The highest BCUT2D eigenvalue weighted by molar-refractivity contribution is 5.94. The molecular weight excluding hydrogens is 303 g/mol. The zero-order valence-corrected chi connectivity index (χ0v) is 11.5. The Morgan fingerprint density at radius 3 is 2.45 bits per heavy atom. The second-order valence-electron chi connectivity index (χ2n) is 4.45. The van der Waals surface area contributed by atoms with E-state index in [1.807, 2.05) is 0 Å². The average molecular weight is 315 g/mol. The fourth-order valence-corrected chi connectivity index (χ4v) is 1.69. The summed E-state index contributed by atoms with van der Waals surface area (Å²) >= 11 is 0. The molecule has 0 unspecified atom stereocenters. The van der Waals surface area contributed by atoms with Crippen LogP contribution in [0, 0.1) is 0 Å². The molecule has 9 heteroatoms. The van der Waals surface area contributed by atoms with E-state index in [9.17, 15) is 18.0 Å². The quantitative estimate of drug-likeness (QED) is 0.931. The fraction of sp³-hybridized carbons (Fsp3) is 0.308. The lowest BCUT2D eigenvalue weighted by Gasteiger charge is -2.15. The van der Waals surface area contributed by atoms with Crippen LogP contribution in [0.25, 0.3) is 11.4 Å². The molecule has 2 rings (SSSR count). The predicted molar refractivity (Wildman–Crippen MR) is 68.8 cm³/mol. The van der Waals surface area contributed by atoms with Gasteiger partial charge in [0.25, 0.3) is 5.91 Å². The third-order valence-electron chi connectivity index (χ3n) is 2.84. The molecule has 0 atom stereocenters. The second-order valence-corrected chi connectivity index (χ2v) is 4.45. The summed E-state index contributed by atoms with van der Waals surface area (Å²) in [5.74, 6) is -1.95. The molecule has 1 N–H and O–H groups in total. The van der Waals surface area contributed by atoms with Crippen molar-refractivity contribution in [1.82, 2.24) is 15.0 Å². The third kappa shape index (κ3) is 3.42. The molecule has 0 saturated heterocycles. The Labute approximate surface area is 123 Å². The van der Waals surface area contributed by atoms with Gasteiger partial charge in [-0.05, 0) is 12.1 Å². The van der Waals surface area contributed by atoms with E-state index in [4.69, 9.17) is 5.11 Å². The van der Waals surface area contributed by atoms with Crippen LogP contribution in [0.3, 0.4) is 0 Å². The summed E-state index contributed by atoms with van der Waals surface area (Å²) in [4.78, 5) is 16.5. The van der Waals surface area contributed by atoms with Crippen LogP contribution in [0.1, 0.15) is 16.2 Å². The number of rotatable bonds is 4. The SMILES string of the molecule is CN(CCO)C(=O)c1ccc(-c2noc(C(F)(F)F)n2)cc1. The van der Waals surface area contributed by atoms with E-state index in [-0.39, 0.29) is 24.9 Å². The minimum atomic E-state index is -4.70. The van der Waals surface area contributed by atoms with Gasteiger partial charge in [0.05, 0.1) is 6.61 Å². The molecular formula is C13H12F3N3O3. The van der Waals surface area contributed by atoms with Crippen LogP contribution in [0.4, 0.5) is 13.2 Å². The topological polar surface area (TPSA) is 79.5 Å². The molecule has 0 saturated carbocycles. The summed E-state index contributed by atoms with van der Waals surface area (Å²) in [5.41, 5.74) is 0.625.